The molecule has 0 fully saturated rings. The van der Waals surface area contributed by atoms with Crippen LogP contribution in [0.3, 0.4) is 0 Å². The number of ether oxygens (including phenoxy) is 3. The summed E-state index contributed by atoms with van der Waals surface area (Å²) in [7, 11) is 0. The molecule has 0 spiro atoms. The first kappa shape index (κ1) is 16.2. The second-order valence-electron chi connectivity index (χ2n) is 5.89. The summed E-state index contributed by atoms with van der Waals surface area (Å²) in [5.41, 5.74) is 0.832. The van der Waals surface area contributed by atoms with Crippen molar-refractivity contribution in [3.63, 3.8) is 0 Å². The zero-order valence-corrected chi connectivity index (χ0v) is 14.1. The highest BCUT2D eigenvalue weighted by atomic mass is 16.6. The monoisotopic (exact) mass is 352 g/mol. The molecule has 6 heteroatoms. The van der Waals surface area contributed by atoms with Gasteiger partial charge in [0.2, 0.25) is 6.10 Å². The topological polar surface area (TPSA) is 75.0 Å². The molecule has 0 aliphatic carbocycles. The highest BCUT2D eigenvalue weighted by molar-refractivity contribution is 5.83. The van der Waals surface area contributed by atoms with Crippen LogP contribution < -0.4 is 19.8 Å². The van der Waals surface area contributed by atoms with Crippen LogP contribution in [0.15, 0.2) is 57.7 Å². The molecule has 0 unspecified atom stereocenters. The largest absolute Gasteiger partial charge is 0.485 e. The second-order valence-corrected chi connectivity index (χ2v) is 5.89. The summed E-state index contributed by atoms with van der Waals surface area (Å²) in [5.74, 6) is 0.795. The number of para-hydroxylation sites is 2. The summed E-state index contributed by atoms with van der Waals surface area (Å²) in [4.78, 5) is 24.0. The van der Waals surface area contributed by atoms with Crippen LogP contribution in [-0.4, -0.2) is 18.7 Å². The van der Waals surface area contributed by atoms with Crippen LogP contribution in [-0.2, 0) is 11.2 Å². The van der Waals surface area contributed by atoms with Crippen molar-refractivity contribution in [1.82, 2.24) is 0 Å². The van der Waals surface area contributed by atoms with E-state index in [1.54, 1.807) is 30.3 Å². The van der Waals surface area contributed by atoms with Crippen LogP contribution in [0.1, 0.15) is 12.5 Å². The third-order valence-corrected chi connectivity index (χ3v) is 4.17. The average Bonchev–Trinajstić information content (AvgIpc) is 2.66. The molecule has 1 atom stereocenters. The molecule has 0 radical (unpaired) electrons. The number of hydrogen-bond donors (Lipinski definition) is 0. The number of esters is 1. The van der Waals surface area contributed by atoms with Crippen molar-refractivity contribution in [2.45, 2.75) is 19.4 Å². The molecule has 0 saturated carbocycles. The molecule has 1 aliphatic rings. The molecule has 2 heterocycles. The normalized spacial score (nSPS) is 15.7. The molecule has 3 aromatic rings. The maximum Gasteiger partial charge on any atom is 0.356 e. The van der Waals surface area contributed by atoms with Crippen LogP contribution in [0, 0.1) is 0 Å². The molecular formula is C20H16O6. The molecule has 1 aromatic heterocycles. The highest BCUT2D eigenvalue weighted by Crippen LogP contribution is 2.31. The lowest BCUT2D eigenvalue weighted by Gasteiger charge is -2.24. The fourth-order valence-corrected chi connectivity index (χ4v) is 2.88. The van der Waals surface area contributed by atoms with Crippen molar-refractivity contribution in [2.24, 2.45) is 0 Å². The molecule has 0 bridgehead atoms. The second kappa shape index (κ2) is 6.55. The minimum atomic E-state index is -0.866. The standard InChI is InChI=1S/C20H16O6/c1-2-12-9-19(21)26-17-10-13(7-8-14(12)17)24-20(22)18-11-23-15-5-3-4-6-16(15)25-18/h3-10,18H,2,11H2,1H3/t18-/m1/s1. The van der Waals surface area contributed by atoms with Gasteiger partial charge in [0.05, 0.1) is 0 Å². The van der Waals surface area contributed by atoms with Crippen LogP contribution in [0.2, 0.25) is 0 Å². The molecule has 1 aliphatic heterocycles. The Hall–Kier alpha value is -3.28. The van der Waals surface area contributed by atoms with E-state index in [0.29, 0.717) is 23.5 Å². The number of benzene rings is 2. The van der Waals surface area contributed by atoms with Gasteiger partial charge in [-0.25, -0.2) is 9.59 Å². The van der Waals surface area contributed by atoms with Gasteiger partial charge in [-0.15, -0.1) is 0 Å². The molecule has 132 valence electrons. The molecular weight excluding hydrogens is 336 g/mol. The zero-order valence-electron chi connectivity index (χ0n) is 14.1. The van der Waals surface area contributed by atoms with Crippen LogP contribution >= 0.6 is 0 Å². The first-order chi connectivity index (χ1) is 12.6. The van der Waals surface area contributed by atoms with Crippen LogP contribution in [0.4, 0.5) is 0 Å². The number of carbonyl (C=O) groups is 1. The Morgan fingerprint density at radius 2 is 1.96 bits per heavy atom. The highest BCUT2D eigenvalue weighted by Gasteiger charge is 2.29. The summed E-state index contributed by atoms with van der Waals surface area (Å²) in [6, 6.07) is 13.6. The predicted octanol–water partition coefficient (Wildman–Crippen LogP) is 3.10. The molecule has 0 N–H and O–H groups in total. The summed E-state index contributed by atoms with van der Waals surface area (Å²) < 4.78 is 21.8. The third kappa shape index (κ3) is 3.01. The molecule has 26 heavy (non-hydrogen) atoms. The van der Waals surface area contributed by atoms with Crippen molar-refractivity contribution in [1.29, 1.82) is 0 Å². The molecule has 6 nitrogen and oxygen atoms in total. The van der Waals surface area contributed by atoms with Gasteiger partial charge in [-0.2, -0.15) is 0 Å². The van der Waals surface area contributed by atoms with E-state index < -0.39 is 17.7 Å². The van der Waals surface area contributed by atoms with Crippen molar-refractivity contribution in [2.75, 3.05) is 6.61 Å². The Morgan fingerprint density at radius 3 is 2.77 bits per heavy atom. The lowest BCUT2D eigenvalue weighted by molar-refractivity contribution is -0.144. The molecule has 4 rings (SSSR count). The lowest BCUT2D eigenvalue weighted by Crippen LogP contribution is -2.39. The van der Waals surface area contributed by atoms with E-state index in [0.717, 1.165) is 10.9 Å². The van der Waals surface area contributed by atoms with Crippen molar-refractivity contribution in [3.8, 4) is 17.2 Å². The van der Waals surface area contributed by atoms with Gasteiger partial charge < -0.3 is 18.6 Å². The van der Waals surface area contributed by atoms with E-state index in [1.807, 2.05) is 13.0 Å². The SMILES string of the molecule is CCc1cc(=O)oc2cc(OC(=O)[C@H]3COc4ccccc4O3)ccc12. The number of aryl methyl sites for hydroxylation is 1. The smallest absolute Gasteiger partial charge is 0.356 e. The van der Waals surface area contributed by atoms with E-state index in [2.05, 4.69) is 0 Å². The summed E-state index contributed by atoms with van der Waals surface area (Å²) in [5, 5.41) is 0.818. The average molecular weight is 352 g/mol. The van der Waals surface area contributed by atoms with Gasteiger partial charge >= 0.3 is 11.6 Å². The Labute approximate surface area is 148 Å². The number of carbonyl (C=O) groups excluding carboxylic acids is 1. The van der Waals surface area contributed by atoms with Gasteiger partial charge in [-0.1, -0.05) is 19.1 Å². The maximum atomic E-state index is 12.4. The Bertz CT molecular complexity index is 1040. The third-order valence-electron chi connectivity index (χ3n) is 4.17. The zero-order chi connectivity index (χ0) is 18.1. The van der Waals surface area contributed by atoms with Gasteiger partial charge in [0.15, 0.2) is 11.5 Å². The minimum Gasteiger partial charge on any atom is -0.485 e. The predicted molar refractivity (Wildman–Crippen MR) is 93.9 cm³/mol. The molecule has 2 aromatic carbocycles. The van der Waals surface area contributed by atoms with Gasteiger partial charge in [0, 0.05) is 17.5 Å². The Morgan fingerprint density at radius 1 is 1.15 bits per heavy atom. The van der Waals surface area contributed by atoms with Crippen molar-refractivity contribution >= 4 is 16.9 Å². The molecule has 0 amide bonds. The minimum absolute atomic E-state index is 0.0680. The van der Waals surface area contributed by atoms with Gasteiger partial charge in [0.1, 0.15) is 17.9 Å². The Kier molecular flexibility index (Phi) is 4.08. The summed E-state index contributed by atoms with van der Waals surface area (Å²) in [6.45, 7) is 2.03. The molecule has 0 saturated heterocycles. The summed E-state index contributed by atoms with van der Waals surface area (Å²) in [6.07, 6.45) is -0.164. The van der Waals surface area contributed by atoms with Gasteiger partial charge in [-0.05, 0) is 36.2 Å². The Balaban J connectivity index is 1.56. The van der Waals surface area contributed by atoms with Crippen LogP contribution in [0.5, 0.6) is 17.2 Å². The van der Waals surface area contributed by atoms with Gasteiger partial charge in [-0.3, -0.25) is 0 Å². The van der Waals surface area contributed by atoms with Gasteiger partial charge in [0.25, 0.3) is 0 Å². The number of fused-ring (bicyclic) bond motifs is 2. The van der Waals surface area contributed by atoms with E-state index in [-0.39, 0.29) is 12.4 Å². The first-order valence-corrected chi connectivity index (χ1v) is 8.31. The van der Waals surface area contributed by atoms with Crippen molar-refractivity contribution < 1.29 is 23.4 Å². The number of rotatable bonds is 3. The van der Waals surface area contributed by atoms with Crippen LogP contribution in [0.25, 0.3) is 11.0 Å². The fourth-order valence-electron chi connectivity index (χ4n) is 2.88. The quantitative estimate of drug-likeness (QED) is 0.410. The van der Waals surface area contributed by atoms with E-state index >= 15 is 0 Å². The number of hydrogen-bond acceptors (Lipinski definition) is 6. The summed E-state index contributed by atoms with van der Waals surface area (Å²) >= 11 is 0. The van der Waals surface area contributed by atoms with E-state index in [9.17, 15) is 9.59 Å². The van der Waals surface area contributed by atoms with E-state index in [1.165, 1.54) is 12.1 Å². The lowest BCUT2D eigenvalue weighted by atomic mass is 10.1. The van der Waals surface area contributed by atoms with E-state index in [4.69, 9.17) is 18.6 Å². The van der Waals surface area contributed by atoms with Crippen molar-refractivity contribution in [3.05, 3.63) is 64.5 Å². The maximum absolute atomic E-state index is 12.4. The fraction of sp³-hybridized carbons (Fsp3) is 0.200. The first-order valence-electron chi connectivity index (χ1n) is 8.31.